The van der Waals surface area contributed by atoms with Crippen LogP contribution in [0.2, 0.25) is 0 Å². The zero-order valence-corrected chi connectivity index (χ0v) is 11.9. The van der Waals surface area contributed by atoms with E-state index in [0.29, 0.717) is 23.4 Å². The van der Waals surface area contributed by atoms with Crippen LogP contribution in [0.1, 0.15) is 45.4 Å². The molecule has 1 aliphatic carbocycles. The van der Waals surface area contributed by atoms with E-state index in [1.807, 2.05) is 4.57 Å². The third-order valence-corrected chi connectivity index (χ3v) is 3.86. The molecule has 6 heteroatoms. The maximum atomic E-state index is 12.5. The van der Waals surface area contributed by atoms with Gasteiger partial charge in [0.05, 0.1) is 12.7 Å². The number of aromatic nitrogens is 1. The van der Waals surface area contributed by atoms with Crippen molar-refractivity contribution in [2.45, 2.75) is 32.9 Å². The van der Waals surface area contributed by atoms with Gasteiger partial charge in [-0.05, 0) is 12.8 Å². The number of esters is 1. The zero-order chi connectivity index (χ0) is 15.1. The predicted octanol–water partition coefficient (Wildman–Crippen LogP) is 1.41. The summed E-state index contributed by atoms with van der Waals surface area (Å²) in [6, 6.07) is 0. The normalized spacial score (nSPS) is 16.4. The van der Waals surface area contributed by atoms with E-state index in [0.717, 1.165) is 18.5 Å². The highest BCUT2D eigenvalue weighted by atomic mass is 16.5. The second-order valence-electron chi connectivity index (χ2n) is 5.09. The van der Waals surface area contributed by atoms with Gasteiger partial charge in [-0.1, -0.05) is 0 Å². The number of ether oxygens (including phenoxy) is 2. The van der Waals surface area contributed by atoms with Crippen LogP contribution in [-0.4, -0.2) is 29.2 Å². The summed E-state index contributed by atoms with van der Waals surface area (Å²) >= 11 is 0. The van der Waals surface area contributed by atoms with Crippen LogP contribution in [0, 0.1) is 0 Å². The number of fused-ring (bicyclic) bond motifs is 3. The molecule has 0 N–H and O–H groups in total. The van der Waals surface area contributed by atoms with Crippen molar-refractivity contribution in [1.82, 2.24) is 4.57 Å². The number of hydrogen-bond acceptors (Lipinski definition) is 5. The number of ketones is 2. The SMILES string of the molecule is COC1=CC(=O)c2c(c(COC(C)=O)c3n2CCC3)C1=O. The summed E-state index contributed by atoms with van der Waals surface area (Å²) in [6.45, 7) is 2.03. The van der Waals surface area contributed by atoms with Crippen molar-refractivity contribution in [2.75, 3.05) is 7.11 Å². The predicted molar refractivity (Wildman–Crippen MR) is 72.0 cm³/mol. The first-order chi connectivity index (χ1) is 10.0. The standard InChI is InChI=1S/C15H15NO5/c1-8(17)21-7-9-10-4-3-5-16(10)14-11(18)6-12(20-2)15(19)13(9)14/h6H,3-5,7H2,1-2H3. The summed E-state index contributed by atoms with van der Waals surface area (Å²) in [5.74, 6) is -0.950. The Kier molecular flexibility index (Phi) is 3.16. The Labute approximate surface area is 121 Å². The van der Waals surface area contributed by atoms with E-state index in [1.165, 1.54) is 20.1 Å². The van der Waals surface area contributed by atoms with Crippen LogP contribution in [0.25, 0.3) is 0 Å². The molecular weight excluding hydrogens is 274 g/mol. The number of allylic oxidation sites excluding steroid dienone is 2. The van der Waals surface area contributed by atoms with Crippen molar-refractivity contribution < 1.29 is 23.9 Å². The summed E-state index contributed by atoms with van der Waals surface area (Å²) in [4.78, 5) is 35.8. The van der Waals surface area contributed by atoms with Gasteiger partial charge in [0.1, 0.15) is 12.3 Å². The first-order valence-electron chi connectivity index (χ1n) is 6.77. The lowest BCUT2D eigenvalue weighted by Crippen LogP contribution is -2.20. The van der Waals surface area contributed by atoms with Gasteiger partial charge in [-0.2, -0.15) is 0 Å². The van der Waals surface area contributed by atoms with Crippen LogP contribution < -0.4 is 0 Å². The molecule has 0 saturated heterocycles. The Hall–Kier alpha value is -2.37. The number of Topliss-reactive ketones (excluding diaryl/α,β-unsaturated/α-hetero) is 1. The summed E-state index contributed by atoms with van der Waals surface area (Å²) in [7, 11) is 1.36. The van der Waals surface area contributed by atoms with Crippen molar-refractivity contribution in [3.63, 3.8) is 0 Å². The number of carbonyl (C=O) groups excluding carboxylic acids is 3. The first kappa shape index (κ1) is 13.6. The van der Waals surface area contributed by atoms with E-state index in [2.05, 4.69) is 0 Å². The van der Waals surface area contributed by atoms with Gasteiger partial charge in [0.2, 0.25) is 11.6 Å². The molecule has 0 unspecified atom stereocenters. The van der Waals surface area contributed by atoms with E-state index in [4.69, 9.17) is 9.47 Å². The molecule has 110 valence electrons. The van der Waals surface area contributed by atoms with Crippen LogP contribution in [0.3, 0.4) is 0 Å². The molecule has 0 saturated carbocycles. The van der Waals surface area contributed by atoms with E-state index >= 15 is 0 Å². The molecule has 0 fully saturated rings. The van der Waals surface area contributed by atoms with E-state index in [9.17, 15) is 14.4 Å². The van der Waals surface area contributed by atoms with Crippen LogP contribution in [0.4, 0.5) is 0 Å². The van der Waals surface area contributed by atoms with E-state index in [-0.39, 0.29) is 23.9 Å². The Morgan fingerprint density at radius 1 is 1.38 bits per heavy atom. The minimum Gasteiger partial charge on any atom is -0.492 e. The van der Waals surface area contributed by atoms with Gasteiger partial charge in [0, 0.05) is 30.8 Å². The Morgan fingerprint density at radius 2 is 2.14 bits per heavy atom. The van der Waals surface area contributed by atoms with Crippen molar-refractivity contribution in [3.8, 4) is 0 Å². The van der Waals surface area contributed by atoms with Crippen molar-refractivity contribution in [1.29, 1.82) is 0 Å². The monoisotopic (exact) mass is 289 g/mol. The van der Waals surface area contributed by atoms with Crippen molar-refractivity contribution in [3.05, 3.63) is 34.3 Å². The number of hydrogen-bond donors (Lipinski definition) is 0. The van der Waals surface area contributed by atoms with Crippen LogP contribution in [-0.2, 0) is 33.8 Å². The fourth-order valence-corrected chi connectivity index (χ4v) is 3.02. The highest BCUT2D eigenvalue weighted by Crippen LogP contribution is 2.34. The minimum atomic E-state index is -0.418. The summed E-state index contributed by atoms with van der Waals surface area (Å²) in [6.07, 6.45) is 2.91. The molecule has 1 aromatic heterocycles. The first-order valence-corrected chi connectivity index (χ1v) is 6.77. The lowest BCUT2D eigenvalue weighted by molar-refractivity contribution is -0.142. The van der Waals surface area contributed by atoms with E-state index in [1.54, 1.807) is 0 Å². The molecule has 21 heavy (non-hydrogen) atoms. The third kappa shape index (κ3) is 1.98. The van der Waals surface area contributed by atoms with E-state index < -0.39 is 5.97 Å². The van der Waals surface area contributed by atoms with Crippen LogP contribution >= 0.6 is 0 Å². The van der Waals surface area contributed by atoms with Gasteiger partial charge in [-0.3, -0.25) is 14.4 Å². The molecular formula is C15H15NO5. The molecule has 2 aliphatic rings. The molecule has 0 radical (unpaired) electrons. The van der Waals surface area contributed by atoms with Crippen molar-refractivity contribution >= 4 is 17.5 Å². The Bertz CT molecular complexity index is 695. The van der Waals surface area contributed by atoms with Gasteiger partial charge in [0.15, 0.2) is 5.76 Å². The Morgan fingerprint density at radius 3 is 2.81 bits per heavy atom. The summed E-state index contributed by atoms with van der Waals surface area (Å²) < 4.78 is 11.9. The third-order valence-electron chi connectivity index (χ3n) is 3.86. The van der Waals surface area contributed by atoms with Gasteiger partial charge < -0.3 is 14.0 Å². The average molecular weight is 289 g/mol. The Balaban J connectivity index is 2.15. The molecule has 1 aromatic rings. The maximum Gasteiger partial charge on any atom is 0.302 e. The maximum absolute atomic E-state index is 12.5. The van der Waals surface area contributed by atoms with Gasteiger partial charge in [-0.25, -0.2) is 0 Å². The molecule has 0 amide bonds. The number of nitrogens with zero attached hydrogens (tertiary/aromatic N) is 1. The summed E-state index contributed by atoms with van der Waals surface area (Å²) in [5.41, 5.74) is 2.28. The fourth-order valence-electron chi connectivity index (χ4n) is 3.02. The molecule has 2 heterocycles. The largest absolute Gasteiger partial charge is 0.492 e. The van der Waals surface area contributed by atoms with Gasteiger partial charge >= 0.3 is 5.97 Å². The molecule has 0 bridgehead atoms. The molecule has 6 nitrogen and oxygen atoms in total. The highest BCUT2D eigenvalue weighted by molar-refractivity contribution is 6.24. The molecule has 0 spiro atoms. The highest BCUT2D eigenvalue weighted by Gasteiger charge is 2.37. The minimum absolute atomic E-state index is 0.00993. The second kappa shape index (κ2) is 4.87. The zero-order valence-electron chi connectivity index (χ0n) is 11.9. The topological polar surface area (TPSA) is 74.6 Å². The van der Waals surface area contributed by atoms with Crippen molar-refractivity contribution in [2.24, 2.45) is 0 Å². The van der Waals surface area contributed by atoms with Gasteiger partial charge in [0.25, 0.3) is 0 Å². The molecule has 1 aliphatic heterocycles. The van der Waals surface area contributed by atoms with Crippen LogP contribution in [0.5, 0.6) is 0 Å². The number of methoxy groups -OCH3 is 1. The lowest BCUT2D eigenvalue weighted by Gasteiger charge is -2.14. The van der Waals surface area contributed by atoms with Crippen LogP contribution in [0.15, 0.2) is 11.8 Å². The fraction of sp³-hybridized carbons (Fsp3) is 0.400. The van der Waals surface area contributed by atoms with Gasteiger partial charge in [-0.15, -0.1) is 0 Å². The lowest BCUT2D eigenvalue weighted by atomic mass is 9.95. The molecule has 3 rings (SSSR count). The quantitative estimate of drug-likeness (QED) is 0.786. The smallest absolute Gasteiger partial charge is 0.302 e. The number of rotatable bonds is 3. The average Bonchev–Trinajstić information content (AvgIpc) is 3.00. The number of carbonyl (C=O) groups is 3. The molecule has 0 atom stereocenters. The molecule has 0 aromatic carbocycles. The summed E-state index contributed by atoms with van der Waals surface area (Å²) in [5, 5.41) is 0. The second-order valence-corrected chi connectivity index (χ2v) is 5.09.